The lowest BCUT2D eigenvalue weighted by Crippen LogP contribution is -2.42. The number of halogens is 2. The SMILES string of the molecule is O=C(OCc1ccccc1)N1CCC(Nc2cccc(OC(F)F)c2)CC1. The third-order valence-corrected chi connectivity index (χ3v) is 4.39. The molecule has 1 amide bonds. The number of carbonyl (C=O) groups excluding carboxylic acids is 1. The number of piperidine rings is 1. The molecule has 144 valence electrons. The summed E-state index contributed by atoms with van der Waals surface area (Å²) in [5, 5.41) is 3.31. The summed E-state index contributed by atoms with van der Waals surface area (Å²) in [7, 11) is 0. The molecule has 0 aliphatic carbocycles. The molecule has 2 aromatic rings. The molecule has 3 rings (SSSR count). The van der Waals surface area contributed by atoms with Crippen molar-refractivity contribution in [1.82, 2.24) is 4.90 Å². The number of benzene rings is 2. The van der Waals surface area contributed by atoms with Gasteiger partial charge in [-0.2, -0.15) is 8.78 Å². The van der Waals surface area contributed by atoms with Gasteiger partial charge in [0.05, 0.1) is 0 Å². The summed E-state index contributed by atoms with van der Waals surface area (Å²) < 4.78 is 34.4. The number of anilines is 1. The van der Waals surface area contributed by atoms with Gasteiger partial charge in [-0.15, -0.1) is 0 Å². The maximum Gasteiger partial charge on any atom is 0.410 e. The van der Waals surface area contributed by atoms with E-state index >= 15 is 0 Å². The Morgan fingerprint density at radius 3 is 2.56 bits per heavy atom. The Balaban J connectivity index is 1.44. The lowest BCUT2D eigenvalue weighted by Gasteiger charge is -2.32. The number of nitrogens with zero attached hydrogens (tertiary/aromatic N) is 1. The molecule has 7 heteroatoms. The van der Waals surface area contributed by atoms with E-state index in [1.165, 1.54) is 6.07 Å². The van der Waals surface area contributed by atoms with Crippen LogP contribution in [0, 0.1) is 0 Å². The molecule has 1 aliphatic rings. The second-order valence-electron chi connectivity index (χ2n) is 6.35. The summed E-state index contributed by atoms with van der Waals surface area (Å²) in [5.41, 5.74) is 1.67. The molecule has 1 N–H and O–H groups in total. The van der Waals surface area contributed by atoms with Gasteiger partial charge < -0.3 is 19.7 Å². The van der Waals surface area contributed by atoms with Crippen molar-refractivity contribution < 1.29 is 23.0 Å². The maximum absolute atomic E-state index is 12.3. The van der Waals surface area contributed by atoms with Crippen LogP contribution in [0.5, 0.6) is 5.75 Å². The van der Waals surface area contributed by atoms with Crippen molar-refractivity contribution >= 4 is 11.8 Å². The standard InChI is InChI=1S/C20H22F2N2O3/c21-19(22)27-18-8-4-7-17(13-18)23-16-9-11-24(12-10-16)20(25)26-14-15-5-2-1-3-6-15/h1-8,13,16,19,23H,9-12,14H2. The van der Waals surface area contributed by atoms with Crippen LogP contribution in [0.15, 0.2) is 54.6 Å². The van der Waals surface area contributed by atoms with Crippen LogP contribution in [-0.2, 0) is 11.3 Å². The molecule has 0 atom stereocenters. The zero-order valence-electron chi connectivity index (χ0n) is 14.8. The van der Waals surface area contributed by atoms with Gasteiger partial charge in [0.15, 0.2) is 0 Å². The summed E-state index contributed by atoms with van der Waals surface area (Å²) in [5.74, 6) is 0.122. The molecule has 0 spiro atoms. The average Bonchev–Trinajstić information content (AvgIpc) is 2.67. The third kappa shape index (κ3) is 5.84. The summed E-state index contributed by atoms with van der Waals surface area (Å²) in [6.07, 6.45) is 1.19. The van der Waals surface area contributed by atoms with Gasteiger partial charge in [0.2, 0.25) is 0 Å². The topological polar surface area (TPSA) is 50.8 Å². The number of nitrogens with one attached hydrogen (secondary N) is 1. The van der Waals surface area contributed by atoms with E-state index in [9.17, 15) is 13.6 Å². The van der Waals surface area contributed by atoms with Crippen LogP contribution in [-0.4, -0.2) is 36.7 Å². The minimum absolute atomic E-state index is 0.122. The largest absolute Gasteiger partial charge is 0.445 e. The Hall–Kier alpha value is -2.83. The van der Waals surface area contributed by atoms with E-state index in [2.05, 4.69) is 10.1 Å². The van der Waals surface area contributed by atoms with Gasteiger partial charge in [-0.3, -0.25) is 0 Å². The Bertz CT molecular complexity index is 735. The van der Waals surface area contributed by atoms with E-state index in [0.717, 1.165) is 24.1 Å². The van der Waals surface area contributed by atoms with Crippen molar-refractivity contribution in [1.29, 1.82) is 0 Å². The van der Waals surface area contributed by atoms with Gasteiger partial charge in [-0.05, 0) is 30.5 Å². The molecule has 1 aliphatic heterocycles. The monoisotopic (exact) mass is 376 g/mol. The zero-order valence-corrected chi connectivity index (χ0v) is 14.8. The van der Waals surface area contributed by atoms with E-state index in [0.29, 0.717) is 13.1 Å². The van der Waals surface area contributed by atoms with Gasteiger partial charge in [-0.1, -0.05) is 36.4 Å². The first-order valence-electron chi connectivity index (χ1n) is 8.87. The van der Waals surface area contributed by atoms with Gasteiger partial charge in [0.1, 0.15) is 12.4 Å². The van der Waals surface area contributed by atoms with Crippen LogP contribution in [0.25, 0.3) is 0 Å². The molecule has 27 heavy (non-hydrogen) atoms. The normalized spacial score (nSPS) is 14.9. The van der Waals surface area contributed by atoms with E-state index in [1.807, 2.05) is 30.3 Å². The molecule has 1 heterocycles. The van der Waals surface area contributed by atoms with Crippen LogP contribution >= 0.6 is 0 Å². The number of ether oxygens (including phenoxy) is 2. The molecule has 2 aromatic carbocycles. The molecule has 1 saturated heterocycles. The lowest BCUT2D eigenvalue weighted by atomic mass is 10.0. The van der Waals surface area contributed by atoms with Crippen molar-refractivity contribution in [3.8, 4) is 5.75 Å². The Morgan fingerprint density at radius 2 is 1.85 bits per heavy atom. The van der Waals surface area contributed by atoms with Gasteiger partial charge in [0, 0.05) is 30.9 Å². The van der Waals surface area contributed by atoms with Gasteiger partial charge in [0.25, 0.3) is 0 Å². The summed E-state index contributed by atoms with van der Waals surface area (Å²) in [6, 6.07) is 16.2. The zero-order chi connectivity index (χ0) is 19.1. The third-order valence-electron chi connectivity index (χ3n) is 4.39. The second kappa shape index (κ2) is 9.21. The minimum Gasteiger partial charge on any atom is -0.445 e. The van der Waals surface area contributed by atoms with E-state index < -0.39 is 6.61 Å². The van der Waals surface area contributed by atoms with Gasteiger partial charge in [-0.25, -0.2) is 4.79 Å². The molecule has 5 nitrogen and oxygen atoms in total. The summed E-state index contributed by atoms with van der Waals surface area (Å²) in [4.78, 5) is 13.9. The van der Waals surface area contributed by atoms with Crippen molar-refractivity contribution in [2.75, 3.05) is 18.4 Å². The number of rotatable bonds is 6. The first-order chi connectivity index (χ1) is 13.1. The number of carbonyl (C=O) groups is 1. The van der Waals surface area contributed by atoms with Crippen molar-refractivity contribution in [3.05, 3.63) is 60.2 Å². The summed E-state index contributed by atoms with van der Waals surface area (Å²) >= 11 is 0. The fourth-order valence-corrected chi connectivity index (χ4v) is 3.01. The average molecular weight is 376 g/mol. The number of hydrogen-bond donors (Lipinski definition) is 1. The molecule has 0 radical (unpaired) electrons. The molecule has 0 unspecified atom stereocenters. The number of hydrogen-bond acceptors (Lipinski definition) is 4. The maximum atomic E-state index is 12.3. The van der Waals surface area contributed by atoms with E-state index in [4.69, 9.17) is 4.74 Å². The number of likely N-dealkylation sites (tertiary alicyclic amines) is 1. The fourth-order valence-electron chi connectivity index (χ4n) is 3.01. The molecule has 0 bridgehead atoms. The predicted molar refractivity (Wildman–Crippen MR) is 97.9 cm³/mol. The van der Waals surface area contributed by atoms with Crippen molar-refractivity contribution in [2.24, 2.45) is 0 Å². The van der Waals surface area contributed by atoms with Crippen LogP contribution in [0.1, 0.15) is 18.4 Å². The van der Waals surface area contributed by atoms with Crippen molar-refractivity contribution in [3.63, 3.8) is 0 Å². The smallest absolute Gasteiger partial charge is 0.410 e. The Labute approximate surface area is 156 Å². The number of alkyl halides is 2. The van der Waals surface area contributed by atoms with E-state index in [1.54, 1.807) is 23.1 Å². The first-order valence-corrected chi connectivity index (χ1v) is 8.87. The first kappa shape index (κ1) is 18.9. The highest BCUT2D eigenvalue weighted by Gasteiger charge is 2.23. The summed E-state index contributed by atoms with van der Waals surface area (Å²) in [6.45, 7) is -1.42. The van der Waals surface area contributed by atoms with Crippen LogP contribution < -0.4 is 10.1 Å². The van der Waals surface area contributed by atoms with Crippen molar-refractivity contribution in [2.45, 2.75) is 32.1 Å². The molecule has 0 saturated carbocycles. The van der Waals surface area contributed by atoms with E-state index in [-0.39, 0.29) is 24.5 Å². The minimum atomic E-state index is -2.84. The quantitative estimate of drug-likeness (QED) is 0.806. The highest BCUT2D eigenvalue weighted by molar-refractivity contribution is 5.67. The molecule has 0 aromatic heterocycles. The fraction of sp³-hybridized carbons (Fsp3) is 0.350. The highest BCUT2D eigenvalue weighted by Crippen LogP contribution is 2.22. The van der Waals surface area contributed by atoms with Crippen LogP contribution in [0.4, 0.5) is 19.3 Å². The lowest BCUT2D eigenvalue weighted by molar-refractivity contribution is -0.0498. The second-order valence-corrected chi connectivity index (χ2v) is 6.35. The van der Waals surface area contributed by atoms with Crippen LogP contribution in [0.3, 0.4) is 0 Å². The van der Waals surface area contributed by atoms with Gasteiger partial charge >= 0.3 is 12.7 Å². The highest BCUT2D eigenvalue weighted by atomic mass is 19.3. The molecule has 1 fully saturated rings. The molecular formula is C20H22F2N2O3. The molecular weight excluding hydrogens is 354 g/mol. The Kier molecular flexibility index (Phi) is 6.46. The number of amides is 1. The Morgan fingerprint density at radius 1 is 1.11 bits per heavy atom. The van der Waals surface area contributed by atoms with Crippen LogP contribution in [0.2, 0.25) is 0 Å². The predicted octanol–water partition coefficient (Wildman–Crippen LogP) is 4.50.